The average Bonchev–Trinajstić information content (AvgIpc) is 2.79. The number of aromatic carboxylic acids is 1. The molecule has 3 rings (SSSR count). The molecule has 0 fully saturated rings. The lowest BCUT2D eigenvalue weighted by atomic mass is 10.1. The highest BCUT2D eigenvalue weighted by Gasteiger charge is 2.12. The van der Waals surface area contributed by atoms with Crippen molar-refractivity contribution in [3.05, 3.63) is 47.7 Å². The Balaban J connectivity index is 2.13. The van der Waals surface area contributed by atoms with Crippen LogP contribution in [-0.4, -0.2) is 30.7 Å². The van der Waals surface area contributed by atoms with E-state index < -0.39 is 11.8 Å². The Morgan fingerprint density at radius 2 is 2.05 bits per heavy atom. The topological polar surface area (TPSA) is 80.4 Å². The number of nitrogens with zero attached hydrogens (tertiary/aromatic N) is 4. The van der Waals surface area contributed by atoms with Crippen molar-refractivity contribution in [1.29, 1.82) is 0 Å². The number of aromatic nitrogens is 4. The molecule has 7 heteroatoms. The number of hydrogen-bond acceptors (Lipinski definition) is 4. The SMILES string of the molecule is Cc1cnc2ncc(-c3ccc(C(=O)O)c(F)c3)nn12. The number of halogens is 1. The van der Waals surface area contributed by atoms with Gasteiger partial charge < -0.3 is 5.11 Å². The predicted molar refractivity (Wildman–Crippen MR) is 67.9 cm³/mol. The van der Waals surface area contributed by atoms with Gasteiger partial charge in [-0.25, -0.2) is 23.7 Å². The summed E-state index contributed by atoms with van der Waals surface area (Å²) in [5.74, 6) is -1.66. The highest BCUT2D eigenvalue weighted by atomic mass is 19.1. The van der Waals surface area contributed by atoms with Crippen LogP contribution in [0.3, 0.4) is 0 Å². The van der Waals surface area contributed by atoms with E-state index in [1.54, 1.807) is 10.7 Å². The van der Waals surface area contributed by atoms with Crippen LogP contribution >= 0.6 is 0 Å². The molecule has 2 heterocycles. The maximum absolute atomic E-state index is 13.7. The molecule has 6 nitrogen and oxygen atoms in total. The molecular formula is C13H9FN4O2. The van der Waals surface area contributed by atoms with Crippen molar-refractivity contribution >= 4 is 11.7 Å². The zero-order valence-corrected chi connectivity index (χ0v) is 10.4. The molecule has 2 aromatic heterocycles. The lowest BCUT2D eigenvalue weighted by Gasteiger charge is -2.04. The summed E-state index contributed by atoms with van der Waals surface area (Å²) < 4.78 is 15.2. The normalized spacial score (nSPS) is 10.9. The number of hydrogen-bond donors (Lipinski definition) is 1. The first-order valence-corrected chi connectivity index (χ1v) is 5.77. The van der Waals surface area contributed by atoms with Crippen LogP contribution in [0, 0.1) is 12.7 Å². The van der Waals surface area contributed by atoms with Crippen molar-refractivity contribution in [2.24, 2.45) is 0 Å². The fourth-order valence-electron chi connectivity index (χ4n) is 1.86. The van der Waals surface area contributed by atoms with Gasteiger partial charge in [-0.3, -0.25) is 0 Å². The molecule has 20 heavy (non-hydrogen) atoms. The maximum atomic E-state index is 13.7. The molecule has 0 aliphatic rings. The van der Waals surface area contributed by atoms with Gasteiger partial charge in [0.25, 0.3) is 5.78 Å². The fourth-order valence-corrected chi connectivity index (χ4v) is 1.86. The van der Waals surface area contributed by atoms with E-state index in [4.69, 9.17) is 5.11 Å². The summed E-state index contributed by atoms with van der Waals surface area (Å²) >= 11 is 0. The summed E-state index contributed by atoms with van der Waals surface area (Å²) in [5.41, 5.74) is 1.32. The Kier molecular flexibility index (Phi) is 2.67. The summed E-state index contributed by atoms with van der Waals surface area (Å²) in [4.78, 5) is 18.9. The maximum Gasteiger partial charge on any atom is 0.338 e. The van der Waals surface area contributed by atoms with Gasteiger partial charge in [-0.05, 0) is 19.1 Å². The summed E-state index contributed by atoms with van der Waals surface area (Å²) in [6.45, 7) is 1.83. The first-order chi connectivity index (χ1) is 9.56. The van der Waals surface area contributed by atoms with Crippen LogP contribution in [0.5, 0.6) is 0 Å². The first-order valence-electron chi connectivity index (χ1n) is 5.77. The minimum absolute atomic E-state index is 0.374. The number of fused-ring (bicyclic) bond motifs is 1. The number of carboxylic acid groups (broad SMARTS) is 1. The summed E-state index contributed by atoms with van der Waals surface area (Å²) in [5, 5.41) is 13.1. The average molecular weight is 272 g/mol. The molecule has 0 aliphatic carbocycles. The smallest absolute Gasteiger partial charge is 0.338 e. The summed E-state index contributed by atoms with van der Waals surface area (Å²) in [6.07, 6.45) is 3.10. The highest BCUT2D eigenvalue weighted by molar-refractivity contribution is 5.88. The van der Waals surface area contributed by atoms with Crippen LogP contribution in [0.25, 0.3) is 17.0 Å². The number of carboxylic acids is 1. The fraction of sp³-hybridized carbons (Fsp3) is 0.0769. The van der Waals surface area contributed by atoms with Gasteiger partial charge in [0, 0.05) is 5.56 Å². The van der Waals surface area contributed by atoms with E-state index in [0.29, 0.717) is 17.0 Å². The largest absolute Gasteiger partial charge is 0.478 e. The standard InChI is InChI=1S/C13H9FN4O2/c1-7-5-15-13-16-6-11(17-18(7)13)8-2-3-9(12(19)20)10(14)4-8/h2-6H,1H3,(H,19,20). The Hall–Kier alpha value is -2.83. The van der Waals surface area contributed by atoms with Crippen LogP contribution in [0.2, 0.25) is 0 Å². The van der Waals surface area contributed by atoms with Gasteiger partial charge >= 0.3 is 5.97 Å². The number of rotatable bonds is 2. The monoisotopic (exact) mass is 272 g/mol. The third-order valence-electron chi connectivity index (χ3n) is 2.90. The van der Waals surface area contributed by atoms with Crippen LogP contribution in [0.4, 0.5) is 4.39 Å². The summed E-state index contributed by atoms with van der Waals surface area (Å²) in [7, 11) is 0. The molecule has 3 aromatic rings. The van der Waals surface area contributed by atoms with Crippen molar-refractivity contribution in [3.63, 3.8) is 0 Å². The molecule has 0 spiro atoms. The van der Waals surface area contributed by atoms with Crippen LogP contribution < -0.4 is 0 Å². The van der Waals surface area contributed by atoms with Gasteiger partial charge in [-0.15, -0.1) is 0 Å². The molecule has 100 valence electrons. The Bertz CT molecular complexity index is 828. The van der Waals surface area contributed by atoms with Crippen LogP contribution in [0.1, 0.15) is 16.1 Å². The lowest BCUT2D eigenvalue weighted by Crippen LogP contribution is -2.02. The number of imidazole rings is 1. The van der Waals surface area contributed by atoms with Gasteiger partial charge in [0.15, 0.2) is 0 Å². The van der Waals surface area contributed by atoms with Crippen molar-refractivity contribution < 1.29 is 14.3 Å². The van der Waals surface area contributed by atoms with Gasteiger partial charge in [0.1, 0.15) is 11.5 Å². The van der Waals surface area contributed by atoms with Gasteiger partial charge in [0.2, 0.25) is 0 Å². The predicted octanol–water partition coefficient (Wildman–Crippen LogP) is 1.94. The molecule has 0 atom stereocenters. The second-order valence-electron chi connectivity index (χ2n) is 4.25. The zero-order chi connectivity index (χ0) is 14.3. The molecule has 0 saturated carbocycles. The van der Waals surface area contributed by atoms with Crippen LogP contribution in [-0.2, 0) is 0 Å². The van der Waals surface area contributed by atoms with Crippen molar-refractivity contribution in [2.45, 2.75) is 6.92 Å². The number of aryl methyl sites for hydroxylation is 1. The van der Waals surface area contributed by atoms with Gasteiger partial charge in [0.05, 0.1) is 23.7 Å². The van der Waals surface area contributed by atoms with Crippen LogP contribution in [0.15, 0.2) is 30.6 Å². The van der Waals surface area contributed by atoms with Crippen molar-refractivity contribution in [3.8, 4) is 11.3 Å². The molecule has 0 bridgehead atoms. The minimum atomic E-state index is -1.30. The van der Waals surface area contributed by atoms with E-state index in [2.05, 4.69) is 15.1 Å². The number of carbonyl (C=O) groups is 1. The molecular weight excluding hydrogens is 263 g/mol. The second-order valence-corrected chi connectivity index (χ2v) is 4.25. The van der Waals surface area contributed by atoms with E-state index in [1.807, 2.05) is 6.92 Å². The van der Waals surface area contributed by atoms with E-state index in [-0.39, 0.29) is 5.56 Å². The molecule has 0 aliphatic heterocycles. The van der Waals surface area contributed by atoms with E-state index >= 15 is 0 Å². The number of benzene rings is 1. The molecule has 0 radical (unpaired) electrons. The van der Waals surface area contributed by atoms with E-state index in [1.165, 1.54) is 18.3 Å². The third-order valence-corrected chi connectivity index (χ3v) is 2.90. The first kappa shape index (κ1) is 12.2. The Morgan fingerprint density at radius 3 is 2.75 bits per heavy atom. The lowest BCUT2D eigenvalue weighted by molar-refractivity contribution is 0.0692. The minimum Gasteiger partial charge on any atom is -0.478 e. The third kappa shape index (κ3) is 1.89. The second kappa shape index (κ2) is 4.37. The Labute approximate surface area is 112 Å². The molecule has 0 amide bonds. The Morgan fingerprint density at radius 1 is 1.30 bits per heavy atom. The van der Waals surface area contributed by atoms with Gasteiger partial charge in [-0.1, -0.05) is 6.07 Å². The van der Waals surface area contributed by atoms with E-state index in [0.717, 1.165) is 11.8 Å². The van der Waals surface area contributed by atoms with E-state index in [9.17, 15) is 9.18 Å². The molecule has 1 aromatic carbocycles. The molecule has 1 N–H and O–H groups in total. The van der Waals surface area contributed by atoms with Crippen molar-refractivity contribution in [2.75, 3.05) is 0 Å². The molecule has 0 unspecified atom stereocenters. The molecule has 0 saturated heterocycles. The van der Waals surface area contributed by atoms with Crippen molar-refractivity contribution in [1.82, 2.24) is 19.6 Å². The van der Waals surface area contributed by atoms with Gasteiger partial charge in [-0.2, -0.15) is 5.10 Å². The zero-order valence-electron chi connectivity index (χ0n) is 10.4. The summed E-state index contributed by atoms with van der Waals surface area (Å²) in [6, 6.07) is 3.83. The quantitative estimate of drug-likeness (QED) is 0.771. The highest BCUT2D eigenvalue weighted by Crippen LogP contribution is 2.20.